The van der Waals surface area contributed by atoms with Gasteiger partial charge in [0.1, 0.15) is 24.6 Å². The van der Waals surface area contributed by atoms with Crippen molar-refractivity contribution in [3.63, 3.8) is 0 Å². The predicted molar refractivity (Wildman–Crippen MR) is 152 cm³/mol. The number of anilines is 2. The second-order valence-corrected chi connectivity index (χ2v) is 10.9. The Labute approximate surface area is 238 Å². The lowest BCUT2D eigenvalue weighted by molar-refractivity contribution is -0.145. The van der Waals surface area contributed by atoms with Gasteiger partial charge in [-0.25, -0.2) is 14.4 Å². The highest BCUT2D eigenvalue weighted by atomic mass is 35.5. The lowest BCUT2D eigenvalue weighted by atomic mass is 10.1. The van der Waals surface area contributed by atoms with Gasteiger partial charge in [0.15, 0.2) is 11.5 Å². The molecule has 2 aromatic carbocycles. The Morgan fingerprint density at radius 2 is 1.98 bits per heavy atom. The van der Waals surface area contributed by atoms with Crippen molar-refractivity contribution in [3.8, 4) is 11.5 Å². The lowest BCUT2D eigenvalue weighted by Crippen LogP contribution is -2.43. The van der Waals surface area contributed by atoms with Crippen LogP contribution in [0.1, 0.15) is 46.5 Å². The molecule has 11 heteroatoms. The highest BCUT2D eigenvalue weighted by Gasteiger charge is 2.23. The van der Waals surface area contributed by atoms with Gasteiger partial charge in [-0.15, -0.1) is 0 Å². The molecule has 0 unspecified atom stereocenters. The van der Waals surface area contributed by atoms with Crippen LogP contribution in [0.3, 0.4) is 0 Å². The van der Waals surface area contributed by atoms with E-state index in [1.165, 1.54) is 18.5 Å². The molecule has 9 nitrogen and oxygen atoms in total. The quantitative estimate of drug-likeness (QED) is 0.256. The van der Waals surface area contributed by atoms with Crippen LogP contribution in [0.25, 0.3) is 10.9 Å². The minimum Gasteiger partial charge on any atom is -0.488 e. The monoisotopic (exact) mass is 574 g/mol. The Hall–Kier alpha value is -3.21. The number of esters is 1. The van der Waals surface area contributed by atoms with E-state index in [4.69, 9.17) is 25.8 Å². The molecule has 1 aliphatic rings. The highest BCUT2D eigenvalue weighted by Crippen LogP contribution is 2.37. The van der Waals surface area contributed by atoms with Gasteiger partial charge >= 0.3 is 5.97 Å². The molecule has 2 N–H and O–H groups in total. The van der Waals surface area contributed by atoms with Crippen molar-refractivity contribution < 1.29 is 28.5 Å². The summed E-state index contributed by atoms with van der Waals surface area (Å²) in [5, 5.41) is 14.2. The number of hydrogen-bond acceptors (Lipinski definition) is 9. The van der Waals surface area contributed by atoms with Gasteiger partial charge in [0.25, 0.3) is 0 Å². The maximum Gasteiger partial charge on any atom is 0.320 e. The Morgan fingerprint density at radius 1 is 1.20 bits per heavy atom. The Morgan fingerprint density at radius 3 is 2.67 bits per heavy atom. The number of carbonyl (C=O) groups is 1. The molecular weight excluding hydrogens is 539 g/mol. The van der Waals surface area contributed by atoms with Crippen LogP contribution in [-0.4, -0.2) is 70.5 Å². The van der Waals surface area contributed by atoms with Gasteiger partial charge < -0.3 is 24.6 Å². The summed E-state index contributed by atoms with van der Waals surface area (Å²) in [5.41, 5.74) is 0.208. The smallest absolute Gasteiger partial charge is 0.320 e. The highest BCUT2D eigenvalue weighted by molar-refractivity contribution is 6.31. The number of halogens is 2. The summed E-state index contributed by atoms with van der Waals surface area (Å²) in [5.74, 6) is 0.738. The molecule has 0 bridgehead atoms. The number of fused-ring (bicyclic) bond motifs is 1. The Bertz CT molecular complexity index is 1310. The van der Waals surface area contributed by atoms with E-state index in [0.717, 1.165) is 25.7 Å². The molecule has 216 valence electrons. The maximum absolute atomic E-state index is 13.7. The standard InChI is InChI=1S/C29H36ClFN4O5/c1-4-38-27(36)16-35(17-29(2,3)37)11-12-39-25-15-24-21(14-26(25)40-20-7-5-6-8-20)28(33-18-32-24)34-19-9-10-23(31)22(30)13-19/h9-10,13-15,18,20,37H,4-8,11-12,16-17H2,1-3H3,(H,32,33,34). The van der Waals surface area contributed by atoms with Gasteiger partial charge in [-0.2, -0.15) is 0 Å². The van der Waals surface area contributed by atoms with E-state index in [2.05, 4.69) is 15.3 Å². The summed E-state index contributed by atoms with van der Waals surface area (Å²) in [4.78, 5) is 22.7. The van der Waals surface area contributed by atoms with Crippen molar-refractivity contribution in [3.05, 3.63) is 47.5 Å². The molecule has 40 heavy (non-hydrogen) atoms. The summed E-state index contributed by atoms with van der Waals surface area (Å²) < 4.78 is 31.3. The third-order valence-corrected chi connectivity index (χ3v) is 6.70. The molecular formula is C29H36ClFN4O5. The first-order valence-corrected chi connectivity index (χ1v) is 13.9. The largest absolute Gasteiger partial charge is 0.488 e. The lowest BCUT2D eigenvalue weighted by Gasteiger charge is -2.28. The average molecular weight is 575 g/mol. The number of rotatable bonds is 13. The van der Waals surface area contributed by atoms with Gasteiger partial charge in [-0.3, -0.25) is 9.69 Å². The van der Waals surface area contributed by atoms with Gasteiger partial charge in [0, 0.05) is 30.2 Å². The number of hydrogen-bond donors (Lipinski definition) is 2. The minimum absolute atomic E-state index is 0.00545. The van der Waals surface area contributed by atoms with Crippen LogP contribution >= 0.6 is 11.6 Å². The molecule has 4 rings (SSSR count). The third kappa shape index (κ3) is 8.39. The molecule has 1 fully saturated rings. The van der Waals surface area contributed by atoms with Crippen molar-refractivity contribution in [2.75, 3.05) is 38.2 Å². The average Bonchev–Trinajstić information content (AvgIpc) is 3.39. The molecule has 0 atom stereocenters. The third-order valence-electron chi connectivity index (χ3n) is 6.41. The fourth-order valence-electron chi connectivity index (χ4n) is 4.70. The zero-order chi connectivity index (χ0) is 28.7. The Balaban J connectivity index is 1.57. The number of benzene rings is 2. The molecule has 0 spiro atoms. The molecule has 0 aliphatic heterocycles. The summed E-state index contributed by atoms with van der Waals surface area (Å²) in [6, 6.07) is 8.02. The van der Waals surface area contributed by atoms with E-state index < -0.39 is 11.4 Å². The molecule has 1 aromatic heterocycles. The van der Waals surface area contributed by atoms with E-state index >= 15 is 0 Å². The SMILES string of the molecule is CCOC(=O)CN(CCOc1cc2ncnc(Nc3ccc(F)c(Cl)c3)c2cc1OC1CCCC1)CC(C)(C)O. The zero-order valence-corrected chi connectivity index (χ0v) is 23.8. The van der Waals surface area contributed by atoms with Crippen molar-refractivity contribution in [2.24, 2.45) is 0 Å². The van der Waals surface area contributed by atoms with Crippen molar-refractivity contribution in [1.29, 1.82) is 0 Å². The Kier molecular flexibility index (Phi) is 9.99. The van der Waals surface area contributed by atoms with Crippen LogP contribution in [-0.2, 0) is 9.53 Å². The summed E-state index contributed by atoms with van der Waals surface area (Å²) in [7, 11) is 0. The first-order chi connectivity index (χ1) is 19.1. The molecule has 0 radical (unpaired) electrons. The maximum atomic E-state index is 13.7. The van der Waals surface area contributed by atoms with E-state index in [1.807, 2.05) is 6.07 Å². The predicted octanol–water partition coefficient (Wildman–Crippen LogP) is 5.50. The molecule has 1 saturated carbocycles. The van der Waals surface area contributed by atoms with Crippen molar-refractivity contribution in [1.82, 2.24) is 14.9 Å². The van der Waals surface area contributed by atoms with Crippen LogP contribution < -0.4 is 14.8 Å². The summed E-state index contributed by atoms with van der Waals surface area (Å²) in [6.45, 7) is 6.36. The molecule has 0 saturated heterocycles. The van der Waals surface area contributed by atoms with Crippen LogP contribution in [0.5, 0.6) is 11.5 Å². The fourth-order valence-corrected chi connectivity index (χ4v) is 4.88. The molecule has 0 amide bonds. The minimum atomic E-state index is -0.999. The van der Waals surface area contributed by atoms with Gasteiger partial charge in [-0.1, -0.05) is 11.6 Å². The van der Waals surface area contributed by atoms with E-state index in [1.54, 1.807) is 37.8 Å². The summed E-state index contributed by atoms with van der Waals surface area (Å²) in [6.07, 6.45) is 5.64. The normalized spacial score (nSPS) is 14.1. The number of carbonyl (C=O) groups excluding carboxylic acids is 1. The first kappa shape index (κ1) is 29.8. The second-order valence-electron chi connectivity index (χ2n) is 10.5. The zero-order valence-electron chi connectivity index (χ0n) is 23.1. The fraction of sp³-hybridized carbons (Fsp3) is 0.483. The molecule has 1 heterocycles. The first-order valence-electron chi connectivity index (χ1n) is 13.5. The number of nitrogens with zero attached hydrogens (tertiary/aromatic N) is 3. The van der Waals surface area contributed by atoms with E-state index in [9.17, 15) is 14.3 Å². The second kappa shape index (κ2) is 13.4. The number of aliphatic hydroxyl groups is 1. The molecule has 1 aliphatic carbocycles. The van der Waals surface area contributed by atoms with Gasteiger partial charge in [0.05, 0.1) is 35.4 Å². The van der Waals surface area contributed by atoms with Gasteiger partial charge in [-0.05, 0) is 70.7 Å². The number of ether oxygens (including phenoxy) is 3. The van der Waals surface area contributed by atoms with Crippen molar-refractivity contribution in [2.45, 2.75) is 58.2 Å². The topological polar surface area (TPSA) is 106 Å². The van der Waals surface area contributed by atoms with Crippen LogP contribution in [0, 0.1) is 5.82 Å². The number of aromatic nitrogens is 2. The van der Waals surface area contributed by atoms with Crippen LogP contribution in [0.2, 0.25) is 5.02 Å². The molecule has 3 aromatic rings. The van der Waals surface area contributed by atoms with Crippen molar-refractivity contribution >= 4 is 40.0 Å². The summed E-state index contributed by atoms with van der Waals surface area (Å²) >= 11 is 5.96. The van der Waals surface area contributed by atoms with Crippen LogP contribution in [0.15, 0.2) is 36.7 Å². The van der Waals surface area contributed by atoms with E-state index in [0.29, 0.717) is 40.5 Å². The van der Waals surface area contributed by atoms with Gasteiger partial charge in [0.2, 0.25) is 0 Å². The van der Waals surface area contributed by atoms with E-state index in [-0.39, 0.29) is 43.4 Å². The van der Waals surface area contributed by atoms with Crippen LogP contribution in [0.4, 0.5) is 15.9 Å². The number of nitrogens with one attached hydrogen (secondary N) is 1.